The lowest BCUT2D eigenvalue weighted by atomic mass is 9.80. The fraction of sp³-hybridized carbons (Fsp3) is 0.714. The van der Waals surface area contributed by atoms with Crippen LogP contribution in [0.4, 0.5) is 0 Å². The van der Waals surface area contributed by atoms with Crippen LogP contribution in [0.3, 0.4) is 0 Å². The van der Waals surface area contributed by atoms with Gasteiger partial charge in [0.1, 0.15) is 11.5 Å². The van der Waals surface area contributed by atoms with Crippen molar-refractivity contribution >= 4 is 0 Å². The Kier molecular flexibility index (Phi) is 1.90. The van der Waals surface area contributed by atoms with Crippen LogP contribution in [0.5, 0.6) is 0 Å². The van der Waals surface area contributed by atoms with Gasteiger partial charge in [0, 0.05) is 16.9 Å². The van der Waals surface area contributed by atoms with E-state index in [0.29, 0.717) is 5.92 Å². The molecule has 2 aliphatic rings. The van der Waals surface area contributed by atoms with Crippen LogP contribution in [-0.2, 0) is 5.41 Å². The SMILES string of the molecule is CC1CC1c1ccc(C(C)(C)C2(N)CC2)o1. The number of rotatable bonds is 3. The zero-order chi connectivity index (χ0) is 11.6. The van der Waals surface area contributed by atoms with Crippen LogP contribution < -0.4 is 5.73 Å². The van der Waals surface area contributed by atoms with Gasteiger partial charge < -0.3 is 10.2 Å². The highest BCUT2D eigenvalue weighted by molar-refractivity contribution is 5.28. The molecule has 2 nitrogen and oxygen atoms in total. The molecule has 0 aromatic carbocycles. The normalized spacial score (nSPS) is 31.5. The van der Waals surface area contributed by atoms with E-state index in [4.69, 9.17) is 10.2 Å². The molecule has 0 bridgehead atoms. The minimum absolute atomic E-state index is 0.0244. The highest BCUT2D eigenvalue weighted by Crippen LogP contribution is 2.52. The van der Waals surface area contributed by atoms with E-state index in [-0.39, 0.29) is 11.0 Å². The first kappa shape index (κ1) is 10.4. The zero-order valence-corrected chi connectivity index (χ0v) is 10.4. The van der Waals surface area contributed by atoms with Gasteiger partial charge in [-0.1, -0.05) is 20.8 Å². The Morgan fingerprint density at radius 3 is 2.50 bits per heavy atom. The molecule has 2 aliphatic carbocycles. The largest absolute Gasteiger partial charge is 0.465 e. The highest BCUT2D eigenvalue weighted by Gasteiger charge is 2.53. The summed E-state index contributed by atoms with van der Waals surface area (Å²) in [6.07, 6.45) is 3.52. The van der Waals surface area contributed by atoms with Gasteiger partial charge in [-0.05, 0) is 37.3 Å². The van der Waals surface area contributed by atoms with Gasteiger partial charge >= 0.3 is 0 Å². The number of hydrogen-bond donors (Lipinski definition) is 1. The van der Waals surface area contributed by atoms with Crippen molar-refractivity contribution in [1.29, 1.82) is 0 Å². The van der Waals surface area contributed by atoms with E-state index < -0.39 is 0 Å². The van der Waals surface area contributed by atoms with Gasteiger partial charge in [0.05, 0.1) is 0 Å². The minimum atomic E-state index is -0.0305. The molecule has 2 heteroatoms. The van der Waals surface area contributed by atoms with Gasteiger partial charge in [0.15, 0.2) is 0 Å². The molecule has 2 saturated carbocycles. The van der Waals surface area contributed by atoms with Crippen molar-refractivity contribution in [2.45, 2.75) is 56.9 Å². The first-order valence-corrected chi connectivity index (χ1v) is 6.33. The topological polar surface area (TPSA) is 39.2 Å². The Labute approximate surface area is 97.2 Å². The van der Waals surface area contributed by atoms with Crippen molar-refractivity contribution in [2.24, 2.45) is 11.7 Å². The molecule has 1 aromatic rings. The second kappa shape index (κ2) is 2.92. The zero-order valence-electron chi connectivity index (χ0n) is 10.4. The average Bonchev–Trinajstić information content (AvgIpc) is 3.09. The Hall–Kier alpha value is -0.760. The molecule has 1 aromatic heterocycles. The molecule has 0 aliphatic heterocycles. The monoisotopic (exact) mass is 219 g/mol. The van der Waals surface area contributed by atoms with E-state index in [2.05, 4.69) is 32.9 Å². The summed E-state index contributed by atoms with van der Waals surface area (Å²) in [5.41, 5.74) is 6.27. The number of furan rings is 1. The van der Waals surface area contributed by atoms with Crippen LogP contribution in [0, 0.1) is 5.92 Å². The summed E-state index contributed by atoms with van der Waals surface area (Å²) in [5.74, 6) is 3.70. The van der Waals surface area contributed by atoms with Gasteiger partial charge in [-0.3, -0.25) is 0 Å². The van der Waals surface area contributed by atoms with Crippen molar-refractivity contribution in [3.8, 4) is 0 Å². The third-order valence-corrected chi connectivity index (χ3v) is 4.75. The lowest BCUT2D eigenvalue weighted by Crippen LogP contribution is -2.43. The van der Waals surface area contributed by atoms with E-state index in [1.807, 2.05) is 0 Å². The lowest BCUT2D eigenvalue weighted by molar-refractivity contribution is 0.303. The summed E-state index contributed by atoms with van der Waals surface area (Å²) < 4.78 is 6.03. The molecule has 0 spiro atoms. The van der Waals surface area contributed by atoms with Gasteiger partial charge in [-0.25, -0.2) is 0 Å². The lowest BCUT2D eigenvalue weighted by Gasteiger charge is -2.29. The first-order valence-electron chi connectivity index (χ1n) is 6.33. The smallest absolute Gasteiger partial charge is 0.111 e. The Morgan fingerprint density at radius 1 is 1.38 bits per heavy atom. The third kappa shape index (κ3) is 1.36. The van der Waals surface area contributed by atoms with Gasteiger partial charge in [-0.15, -0.1) is 0 Å². The van der Waals surface area contributed by atoms with Crippen LogP contribution in [0.15, 0.2) is 16.5 Å². The molecule has 0 saturated heterocycles. The standard InChI is InChI=1S/C14H21NO/c1-9-8-10(9)11-4-5-12(16-11)13(2,3)14(15)6-7-14/h4-5,9-10H,6-8,15H2,1-3H3. The summed E-state index contributed by atoms with van der Waals surface area (Å²) in [6, 6.07) is 4.28. The van der Waals surface area contributed by atoms with E-state index in [1.165, 1.54) is 12.2 Å². The van der Waals surface area contributed by atoms with Crippen molar-refractivity contribution < 1.29 is 4.42 Å². The maximum absolute atomic E-state index is 6.32. The van der Waals surface area contributed by atoms with Gasteiger partial charge in [0.2, 0.25) is 0 Å². The van der Waals surface area contributed by atoms with Gasteiger partial charge in [-0.2, -0.15) is 0 Å². The minimum Gasteiger partial charge on any atom is -0.465 e. The van der Waals surface area contributed by atoms with E-state index in [9.17, 15) is 0 Å². The molecule has 0 amide bonds. The fourth-order valence-electron chi connectivity index (χ4n) is 2.61. The summed E-state index contributed by atoms with van der Waals surface area (Å²) in [5, 5.41) is 0. The van der Waals surface area contributed by atoms with Crippen LogP contribution in [0.1, 0.15) is 57.5 Å². The van der Waals surface area contributed by atoms with Crippen LogP contribution in [0.2, 0.25) is 0 Å². The number of hydrogen-bond acceptors (Lipinski definition) is 2. The average molecular weight is 219 g/mol. The van der Waals surface area contributed by atoms with Crippen molar-refractivity contribution in [3.63, 3.8) is 0 Å². The molecule has 2 atom stereocenters. The summed E-state index contributed by atoms with van der Waals surface area (Å²) in [4.78, 5) is 0. The second-order valence-electron chi connectivity index (χ2n) is 6.30. The molecular formula is C14H21NO. The molecule has 3 rings (SSSR count). The third-order valence-electron chi connectivity index (χ3n) is 4.75. The van der Waals surface area contributed by atoms with Crippen molar-refractivity contribution in [1.82, 2.24) is 0 Å². The molecule has 1 heterocycles. The molecule has 16 heavy (non-hydrogen) atoms. The van der Waals surface area contributed by atoms with E-state index in [1.54, 1.807) is 0 Å². The Balaban J connectivity index is 1.86. The maximum Gasteiger partial charge on any atom is 0.111 e. The summed E-state index contributed by atoms with van der Waals surface area (Å²) in [6.45, 7) is 6.70. The Bertz CT molecular complexity index is 414. The summed E-state index contributed by atoms with van der Waals surface area (Å²) in [7, 11) is 0. The van der Waals surface area contributed by atoms with Crippen LogP contribution in [0.25, 0.3) is 0 Å². The van der Waals surface area contributed by atoms with Crippen LogP contribution >= 0.6 is 0 Å². The Morgan fingerprint density at radius 2 is 2.00 bits per heavy atom. The second-order valence-corrected chi connectivity index (χ2v) is 6.30. The number of nitrogens with two attached hydrogens (primary N) is 1. The quantitative estimate of drug-likeness (QED) is 0.848. The summed E-state index contributed by atoms with van der Waals surface area (Å²) >= 11 is 0. The molecule has 88 valence electrons. The van der Waals surface area contributed by atoms with Gasteiger partial charge in [0.25, 0.3) is 0 Å². The van der Waals surface area contributed by atoms with Crippen molar-refractivity contribution in [3.05, 3.63) is 23.7 Å². The molecule has 2 fully saturated rings. The maximum atomic E-state index is 6.32. The van der Waals surface area contributed by atoms with Crippen molar-refractivity contribution in [2.75, 3.05) is 0 Å². The van der Waals surface area contributed by atoms with E-state index >= 15 is 0 Å². The first-order chi connectivity index (χ1) is 7.44. The highest BCUT2D eigenvalue weighted by atomic mass is 16.3. The molecular weight excluding hydrogens is 198 g/mol. The molecule has 0 radical (unpaired) electrons. The molecule has 2 N–H and O–H groups in total. The fourth-order valence-corrected chi connectivity index (χ4v) is 2.61. The van der Waals surface area contributed by atoms with Crippen LogP contribution in [-0.4, -0.2) is 5.54 Å². The van der Waals surface area contributed by atoms with E-state index in [0.717, 1.165) is 24.5 Å². The molecule has 2 unspecified atom stereocenters. The predicted molar refractivity (Wildman–Crippen MR) is 64.4 cm³/mol. The predicted octanol–water partition coefficient (Wildman–Crippen LogP) is 3.17.